The van der Waals surface area contributed by atoms with Crippen LogP contribution in [0, 0.1) is 0 Å². The molecule has 5 rings (SSSR count). The fraction of sp³-hybridized carbons (Fsp3) is 0.423. The SMILES string of the molecule is COc1ccc(S(=O)(=O)N(CCO)CCO[C@@H]2C[C@H](c3ccc4c(c3)OCO4)C=C(C(=O)N3CC3)O2)cc1. The Morgan fingerprint density at radius 3 is 2.58 bits per heavy atom. The van der Waals surface area contributed by atoms with E-state index in [9.17, 15) is 18.3 Å². The van der Waals surface area contributed by atoms with Crippen LogP contribution in [-0.4, -0.2) is 88.2 Å². The Morgan fingerprint density at radius 2 is 1.87 bits per heavy atom. The molecule has 11 nitrogen and oxygen atoms in total. The predicted octanol–water partition coefficient (Wildman–Crippen LogP) is 1.68. The molecule has 3 aliphatic heterocycles. The number of amides is 1. The second-order valence-corrected chi connectivity index (χ2v) is 10.9. The van der Waals surface area contributed by atoms with E-state index in [0.29, 0.717) is 36.8 Å². The zero-order valence-electron chi connectivity index (χ0n) is 20.9. The van der Waals surface area contributed by atoms with Gasteiger partial charge < -0.3 is 33.7 Å². The fourth-order valence-corrected chi connectivity index (χ4v) is 5.76. The van der Waals surface area contributed by atoms with Gasteiger partial charge in [0.2, 0.25) is 23.1 Å². The van der Waals surface area contributed by atoms with Gasteiger partial charge in [0, 0.05) is 38.5 Å². The molecule has 3 heterocycles. The Kier molecular flexibility index (Phi) is 7.75. The smallest absolute Gasteiger partial charge is 0.288 e. The third-order valence-corrected chi connectivity index (χ3v) is 8.43. The maximum absolute atomic E-state index is 13.2. The Hall–Kier alpha value is -3.32. The van der Waals surface area contributed by atoms with Crippen molar-refractivity contribution in [3.63, 3.8) is 0 Å². The number of methoxy groups -OCH3 is 1. The van der Waals surface area contributed by atoms with Gasteiger partial charge in [-0.2, -0.15) is 4.31 Å². The van der Waals surface area contributed by atoms with E-state index in [0.717, 1.165) is 9.87 Å². The number of rotatable bonds is 11. The Balaban J connectivity index is 1.27. The first kappa shape index (κ1) is 26.3. The van der Waals surface area contributed by atoms with E-state index in [4.69, 9.17) is 23.7 Å². The van der Waals surface area contributed by atoms with E-state index >= 15 is 0 Å². The molecule has 0 aliphatic carbocycles. The quantitative estimate of drug-likeness (QED) is 0.419. The van der Waals surface area contributed by atoms with Crippen LogP contribution in [0.15, 0.2) is 59.2 Å². The van der Waals surface area contributed by atoms with Gasteiger partial charge in [-0.05, 0) is 48.0 Å². The monoisotopic (exact) mass is 546 g/mol. The molecule has 1 saturated heterocycles. The molecule has 204 valence electrons. The van der Waals surface area contributed by atoms with Crippen LogP contribution in [0.2, 0.25) is 0 Å². The minimum atomic E-state index is -3.88. The van der Waals surface area contributed by atoms with Crippen molar-refractivity contribution in [1.29, 1.82) is 0 Å². The number of aliphatic hydroxyl groups excluding tert-OH is 1. The molecule has 0 saturated carbocycles. The lowest BCUT2D eigenvalue weighted by Gasteiger charge is -2.30. The number of carbonyl (C=O) groups is 1. The van der Waals surface area contributed by atoms with E-state index < -0.39 is 16.3 Å². The zero-order chi connectivity index (χ0) is 26.7. The summed E-state index contributed by atoms with van der Waals surface area (Å²) in [6.45, 7) is 1.07. The third kappa shape index (κ3) is 5.73. The van der Waals surface area contributed by atoms with E-state index in [1.54, 1.807) is 23.1 Å². The highest BCUT2D eigenvalue weighted by atomic mass is 32.2. The van der Waals surface area contributed by atoms with Crippen LogP contribution in [0.4, 0.5) is 0 Å². The molecule has 0 aromatic heterocycles. The summed E-state index contributed by atoms with van der Waals surface area (Å²) >= 11 is 0. The van der Waals surface area contributed by atoms with Crippen LogP contribution in [0.5, 0.6) is 17.2 Å². The molecule has 0 spiro atoms. The van der Waals surface area contributed by atoms with Crippen molar-refractivity contribution >= 4 is 15.9 Å². The van der Waals surface area contributed by atoms with Gasteiger partial charge >= 0.3 is 0 Å². The second kappa shape index (κ2) is 11.2. The summed E-state index contributed by atoms with van der Waals surface area (Å²) in [5.41, 5.74) is 0.922. The van der Waals surface area contributed by atoms with Gasteiger partial charge in [-0.3, -0.25) is 4.79 Å². The first-order valence-electron chi connectivity index (χ1n) is 12.3. The lowest BCUT2D eigenvalue weighted by atomic mass is 9.92. The highest BCUT2D eigenvalue weighted by Crippen LogP contribution is 2.39. The summed E-state index contributed by atoms with van der Waals surface area (Å²) in [4.78, 5) is 14.5. The van der Waals surface area contributed by atoms with Crippen molar-refractivity contribution in [3.8, 4) is 17.2 Å². The van der Waals surface area contributed by atoms with E-state index in [1.807, 2.05) is 18.2 Å². The van der Waals surface area contributed by atoms with Crippen molar-refractivity contribution in [2.75, 3.05) is 53.3 Å². The number of nitrogens with zero attached hydrogens (tertiary/aromatic N) is 2. The number of allylic oxidation sites excluding steroid dienone is 1. The van der Waals surface area contributed by atoms with Crippen molar-refractivity contribution in [1.82, 2.24) is 9.21 Å². The van der Waals surface area contributed by atoms with E-state index in [-0.39, 0.29) is 55.6 Å². The summed E-state index contributed by atoms with van der Waals surface area (Å²) in [6.07, 6.45) is 1.44. The Bertz CT molecular complexity index is 1290. The standard InChI is InChI=1S/C26H30N2O9S/c1-33-20-3-5-21(6-4-20)38(31,32)28(10-12-29)11-13-34-25-16-19(15-24(37-25)26(30)27-8-9-27)18-2-7-22-23(14-18)36-17-35-22/h2-7,14-15,19,25,29H,8-13,16-17H2,1H3/t19-,25+/m1/s1. The normalized spacial score (nSPS) is 20.2. The number of sulfonamides is 1. The molecule has 0 bridgehead atoms. The summed E-state index contributed by atoms with van der Waals surface area (Å²) in [5.74, 6) is 1.67. The van der Waals surface area contributed by atoms with E-state index in [2.05, 4.69) is 0 Å². The maximum Gasteiger partial charge on any atom is 0.288 e. The number of hydrogen-bond donors (Lipinski definition) is 1. The molecule has 1 fully saturated rings. The topological polar surface area (TPSA) is 124 Å². The summed E-state index contributed by atoms with van der Waals surface area (Å²) < 4.78 is 55.3. The summed E-state index contributed by atoms with van der Waals surface area (Å²) in [7, 11) is -2.38. The van der Waals surface area contributed by atoms with Gasteiger partial charge in [0.25, 0.3) is 5.91 Å². The lowest BCUT2D eigenvalue weighted by Crippen LogP contribution is -2.37. The predicted molar refractivity (Wildman–Crippen MR) is 134 cm³/mol. The fourth-order valence-electron chi connectivity index (χ4n) is 4.34. The largest absolute Gasteiger partial charge is 0.497 e. The van der Waals surface area contributed by atoms with Crippen LogP contribution >= 0.6 is 0 Å². The average Bonchev–Trinajstić information content (AvgIpc) is 3.68. The highest BCUT2D eigenvalue weighted by Gasteiger charge is 2.35. The average molecular weight is 547 g/mol. The van der Waals surface area contributed by atoms with Gasteiger partial charge in [0.15, 0.2) is 17.3 Å². The van der Waals surface area contributed by atoms with Crippen LogP contribution in [0.25, 0.3) is 0 Å². The second-order valence-electron chi connectivity index (χ2n) is 9.00. The molecule has 2 atom stereocenters. The summed E-state index contributed by atoms with van der Waals surface area (Å²) in [6, 6.07) is 11.7. The Morgan fingerprint density at radius 1 is 1.11 bits per heavy atom. The number of carbonyl (C=O) groups excluding carboxylic acids is 1. The molecular formula is C26H30N2O9S. The van der Waals surface area contributed by atoms with Gasteiger partial charge in [-0.15, -0.1) is 0 Å². The van der Waals surface area contributed by atoms with Crippen molar-refractivity contribution in [2.24, 2.45) is 0 Å². The minimum Gasteiger partial charge on any atom is -0.497 e. The molecule has 0 unspecified atom stereocenters. The van der Waals surface area contributed by atoms with Crippen LogP contribution < -0.4 is 14.2 Å². The molecule has 2 aromatic rings. The molecule has 38 heavy (non-hydrogen) atoms. The first-order chi connectivity index (χ1) is 18.4. The first-order valence-corrected chi connectivity index (χ1v) is 13.8. The van der Waals surface area contributed by atoms with Crippen molar-refractivity contribution in [2.45, 2.75) is 23.5 Å². The highest BCUT2D eigenvalue weighted by molar-refractivity contribution is 7.89. The molecule has 1 N–H and O–H groups in total. The minimum absolute atomic E-state index is 0.000898. The summed E-state index contributed by atoms with van der Waals surface area (Å²) in [5, 5.41) is 9.50. The number of benzene rings is 2. The van der Waals surface area contributed by atoms with E-state index in [1.165, 1.54) is 19.2 Å². The molecular weight excluding hydrogens is 516 g/mol. The molecule has 12 heteroatoms. The molecule has 3 aliphatic rings. The third-order valence-electron chi connectivity index (χ3n) is 6.52. The van der Waals surface area contributed by atoms with Crippen LogP contribution in [0.3, 0.4) is 0 Å². The van der Waals surface area contributed by atoms with Crippen molar-refractivity contribution in [3.05, 3.63) is 59.9 Å². The van der Waals surface area contributed by atoms with Gasteiger partial charge in [-0.1, -0.05) is 6.07 Å². The van der Waals surface area contributed by atoms with Gasteiger partial charge in [-0.25, -0.2) is 8.42 Å². The van der Waals surface area contributed by atoms with Crippen molar-refractivity contribution < 1.29 is 42.0 Å². The number of fused-ring (bicyclic) bond motifs is 1. The maximum atomic E-state index is 13.2. The number of aliphatic hydroxyl groups is 1. The van der Waals surface area contributed by atoms with Gasteiger partial charge in [0.05, 0.1) is 25.2 Å². The Labute approximate surface area is 221 Å². The molecule has 2 aromatic carbocycles. The number of ether oxygens (including phenoxy) is 5. The molecule has 1 amide bonds. The van der Waals surface area contributed by atoms with Crippen LogP contribution in [-0.2, 0) is 24.3 Å². The lowest BCUT2D eigenvalue weighted by molar-refractivity contribution is -0.149. The van der Waals surface area contributed by atoms with Gasteiger partial charge in [0.1, 0.15) is 5.75 Å². The zero-order valence-corrected chi connectivity index (χ0v) is 21.8. The molecule has 0 radical (unpaired) electrons. The van der Waals surface area contributed by atoms with Crippen LogP contribution in [0.1, 0.15) is 17.9 Å². The number of hydrogen-bond acceptors (Lipinski definition) is 9.